The van der Waals surface area contributed by atoms with Crippen LogP contribution in [-0.2, 0) is 4.79 Å². The summed E-state index contributed by atoms with van der Waals surface area (Å²) in [6.07, 6.45) is 0.665. The molecule has 0 aliphatic heterocycles. The topological polar surface area (TPSA) is 17.1 Å². The Morgan fingerprint density at radius 2 is 1.41 bits per heavy atom. The van der Waals surface area contributed by atoms with Crippen LogP contribution >= 0.6 is 15.9 Å². The van der Waals surface area contributed by atoms with E-state index in [2.05, 4.69) is 15.9 Å². The number of hydrogen-bond acceptors (Lipinski definition) is 1. The van der Waals surface area contributed by atoms with Gasteiger partial charge in [-0.05, 0) is 19.3 Å². The first kappa shape index (κ1) is 16.9. The number of carbonyl (C=O) groups excluding carboxylic acids is 1. The smallest absolute Gasteiger partial charge is 0.300 e. The Hall–Kier alpha value is -0.0600. The molecular formula is C12H20BrF3O. The van der Waals surface area contributed by atoms with E-state index in [4.69, 9.17) is 0 Å². The highest BCUT2D eigenvalue weighted by Crippen LogP contribution is 2.22. The minimum absolute atomic E-state index is 0.0326. The van der Waals surface area contributed by atoms with Gasteiger partial charge >= 0.3 is 6.18 Å². The number of hydrogen-bond donors (Lipinski definition) is 0. The van der Waals surface area contributed by atoms with Gasteiger partial charge in [-0.25, -0.2) is 0 Å². The van der Waals surface area contributed by atoms with Gasteiger partial charge in [-0.15, -0.1) is 0 Å². The van der Waals surface area contributed by atoms with Crippen LogP contribution in [0.15, 0.2) is 0 Å². The number of alkyl halides is 4. The zero-order chi connectivity index (χ0) is 13.1. The van der Waals surface area contributed by atoms with Gasteiger partial charge in [-0.1, -0.05) is 35.2 Å². The van der Waals surface area contributed by atoms with Crippen molar-refractivity contribution in [2.24, 2.45) is 0 Å². The normalized spacial score (nSPS) is 11.8. The second-order valence-corrected chi connectivity index (χ2v) is 5.01. The van der Waals surface area contributed by atoms with Crippen LogP contribution in [0, 0.1) is 0 Å². The van der Waals surface area contributed by atoms with Crippen molar-refractivity contribution in [1.82, 2.24) is 0 Å². The molecule has 0 aromatic carbocycles. The molecule has 0 unspecified atom stereocenters. The highest BCUT2D eigenvalue weighted by atomic mass is 79.9. The van der Waals surface area contributed by atoms with E-state index in [1.807, 2.05) is 0 Å². The van der Waals surface area contributed by atoms with Gasteiger partial charge in [-0.3, -0.25) is 4.79 Å². The second-order valence-electron chi connectivity index (χ2n) is 4.21. The fourth-order valence-electron chi connectivity index (χ4n) is 1.56. The Kier molecular flexibility index (Phi) is 9.88. The maximum Gasteiger partial charge on any atom is 0.389 e. The molecule has 1 nitrogen and oxygen atoms in total. The molecule has 5 heteroatoms. The summed E-state index contributed by atoms with van der Waals surface area (Å²) in [6, 6.07) is 0. The molecule has 0 fully saturated rings. The number of unbranched alkanes of at least 4 members (excludes halogenated alkanes) is 4. The molecule has 0 aliphatic carbocycles. The molecular weight excluding hydrogens is 297 g/mol. The van der Waals surface area contributed by atoms with Crippen LogP contribution < -0.4 is 0 Å². The van der Waals surface area contributed by atoms with Crippen molar-refractivity contribution in [2.75, 3.05) is 5.33 Å². The molecule has 0 N–H and O–H groups in total. The lowest BCUT2D eigenvalue weighted by Crippen LogP contribution is -2.08. The summed E-state index contributed by atoms with van der Waals surface area (Å²) in [5.74, 6) is -0.0326. The molecule has 0 saturated carbocycles. The van der Waals surface area contributed by atoms with Gasteiger partial charge in [0, 0.05) is 24.6 Å². The molecule has 0 aromatic rings. The third-order valence-corrected chi connectivity index (χ3v) is 3.07. The minimum Gasteiger partial charge on any atom is -0.300 e. The average Bonchev–Trinajstić information content (AvgIpc) is 2.21. The molecule has 0 aliphatic rings. The third-order valence-electron chi connectivity index (χ3n) is 2.51. The van der Waals surface area contributed by atoms with Crippen LogP contribution in [0.25, 0.3) is 0 Å². The van der Waals surface area contributed by atoms with Crippen molar-refractivity contribution in [3.8, 4) is 0 Å². The lowest BCUT2D eigenvalue weighted by atomic mass is 10.1. The van der Waals surface area contributed by atoms with Gasteiger partial charge in [0.15, 0.2) is 0 Å². The number of rotatable bonds is 10. The summed E-state index contributed by atoms with van der Waals surface area (Å²) in [6.45, 7) is 0. The molecule has 0 aromatic heterocycles. The van der Waals surface area contributed by atoms with Gasteiger partial charge in [-0.2, -0.15) is 13.2 Å². The largest absolute Gasteiger partial charge is 0.389 e. The first-order valence-corrected chi connectivity index (χ1v) is 7.22. The van der Waals surface area contributed by atoms with Crippen LogP contribution in [0.5, 0.6) is 0 Å². The van der Waals surface area contributed by atoms with E-state index >= 15 is 0 Å². The maximum atomic E-state index is 11.8. The van der Waals surface area contributed by atoms with Crippen LogP contribution in [0.3, 0.4) is 0 Å². The molecule has 0 amide bonds. The van der Waals surface area contributed by atoms with Crippen molar-refractivity contribution in [3.05, 3.63) is 0 Å². The Labute approximate surface area is 109 Å². The third kappa shape index (κ3) is 13.9. The van der Waals surface area contributed by atoms with E-state index in [-0.39, 0.29) is 18.6 Å². The van der Waals surface area contributed by atoms with Gasteiger partial charge in [0.05, 0.1) is 0 Å². The van der Waals surface area contributed by atoms with E-state index in [1.54, 1.807) is 0 Å². The highest BCUT2D eigenvalue weighted by Gasteiger charge is 2.26. The average molecular weight is 317 g/mol. The highest BCUT2D eigenvalue weighted by molar-refractivity contribution is 9.09. The van der Waals surface area contributed by atoms with Crippen molar-refractivity contribution >= 4 is 21.7 Å². The monoisotopic (exact) mass is 316 g/mol. The molecule has 0 rings (SSSR count). The predicted molar refractivity (Wildman–Crippen MR) is 66.4 cm³/mol. The SMILES string of the molecule is O=C(CCCCCCCBr)CCCC(F)(F)F. The van der Waals surface area contributed by atoms with Gasteiger partial charge in [0.1, 0.15) is 5.78 Å². The van der Waals surface area contributed by atoms with E-state index in [1.165, 1.54) is 0 Å². The Morgan fingerprint density at radius 3 is 2.00 bits per heavy atom. The molecule has 0 bridgehead atoms. The molecule has 0 heterocycles. The Morgan fingerprint density at radius 1 is 0.882 bits per heavy atom. The number of ketones is 1. The van der Waals surface area contributed by atoms with Crippen molar-refractivity contribution in [2.45, 2.75) is 64.0 Å². The summed E-state index contributed by atoms with van der Waals surface area (Å²) in [5, 5.41) is 1.00. The Bertz CT molecular complexity index is 204. The molecule has 0 spiro atoms. The summed E-state index contributed by atoms with van der Waals surface area (Å²) < 4.78 is 35.4. The first-order valence-electron chi connectivity index (χ1n) is 6.10. The van der Waals surface area contributed by atoms with Gasteiger partial charge in [0.2, 0.25) is 0 Å². The van der Waals surface area contributed by atoms with Crippen LogP contribution in [0.1, 0.15) is 57.8 Å². The van der Waals surface area contributed by atoms with Crippen molar-refractivity contribution in [3.63, 3.8) is 0 Å². The predicted octanol–water partition coefficient (Wildman–Crippen LogP) is 5.02. The second kappa shape index (κ2) is 9.92. The fourth-order valence-corrected chi connectivity index (χ4v) is 1.95. The van der Waals surface area contributed by atoms with E-state index < -0.39 is 12.6 Å². The molecule has 0 radical (unpaired) electrons. The zero-order valence-corrected chi connectivity index (χ0v) is 11.6. The van der Waals surface area contributed by atoms with Gasteiger partial charge < -0.3 is 0 Å². The lowest BCUT2D eigenvalue weighted by Gasteiger charge is -2.05. The summed E-state index contributed by atoms with van der Waals surface area (Å²) in [5.41, 5.74) is 0. The molecule has 102 valence electrons. The summed E-state index contributed by atoms with van der Waals surface area (Å²) >= 11 is 3.34. The van der Waals surface area contributed by atoms with Crippen LogP contribution in [0.2, 0.25) is 0 Å². The number of Topliss-reactive ketones (excluding diaryl/α,β-unsaturated/α-hetero) is 1. The minimum atomic E-state index is -4.13. The van der Waals surface area contributed by atoms with Crippen LogP contribution in [-0.4, -0.2) is 17.3 Å². The standard InChI is InChI=1S/C12H20BrF3O/c13-10-5-3-1-2-4-7-11(17)8-6-9-12(14,15)16/h1-10H2. The quantitative estimate of drug-likeness (QED) is 0.408. The van der Waals surface area contributed by atoms with E-state index in [0.717, 1.165) is 37.4 Å². The Balaban J connectivity index is 3.29. The number of halogens is 4. The number of carbonyl (C=O) groups is 1. The van der Waals surface area contributed by atoms with Crippen LogP contribution in [0.4, 0.5) is 13.2 Å². The van der Waals surface area contributed by atoms with Crippen molar-refractivity contribution in [1.29, 1.82) is 0 Å². The van der Waals surface area contributed by atoms with E-state index in [9.17, 15) is 18.0 Å². The lowest BCUT2D eigenvalue weighted by molar-refractivity contribution is -0.137. The molecule has 0 atom stereocenters. The first-order chi connectivity index (χ1) is 7.95. The molecule has 17 heavy (non-hydrogen) atoms. The summed E-state index contributed by atoms with van der Waals surface area (Å²) in [7, 11) is 0. The molecule has 0 saturated heterocycles. The maximum absolute atomic E-state index is 11.8. The van der Waals surface area contributed by atoms with Crippen molar-refractivity contribution < 1.29 is 18.0 Å². The fraction of sp³-hybridized carbons (Fsp3) is 0.917. The van der Waals surface area contributed by atoms with Gasteiger partial charge in [0.25, 0.3) is 0 Å². The zero-order valence-electron chi connectivity index (χ0n) is 9.99. The summed E-state index contributed by atoms with van der Waals surface area (Å²) in [4.78, 5) is 11.2. The van der Waals surface area contributed by atoms with E-state index in [0.29, 0.717) is 6.42 Å².